The topological polar surface area (TPSA) is 65.4 Å². The minimum atomic E-state index is -0.589. The van der Waals surface area contributed by atoms with E-state index in [0.29, 0.717) is 13.1 Å². The van der Waals surface area contributed by atoms with E-state index in [0.717, 1.165) is 11.4 Å². The highest BCUT2D eigenvalue weighted by Crippen LogP contribution is 2.27. The Bertz CT molecular complexity index is 525. The van der Waals surface area contributed by atoms with Gasteiger partial charge in [-0.1, -0.05) is 0 Å². The molecule has 0 amide bonds. The van der Waals surface area contributed by atoms with Gasteiger partial charge in [-0.15, -0.1) is 0 Å². The molecular formula is C15H19N3O2. The second-order valence-corrected chi connectivity index (χ2v) is 5.53. The van der Waals surface area contributed by atoms with Crippen LogP contribution in [-0.2, 0) is 9.53 Å². The summed E-state index contributed by atoms with van der Waals surface area (Å²) in [6, 6.07) is 10.1. The summed E-state index contributed by atoms with van der Waals surface area (Å²) in [5.41, 5.74) is 1.39. The van der Waals surface area contributed by atoms with Gasteiger partial charge in [0, 0.05) is 24.5 Å². The van der Waals surface area contributed by atoms with Gasteiger partial charge in [-0.2, -0.15) is 5.26 Å². The van der Waals surface area contributed by atoms with Gasteiger partial charge in [-0.25, -0.2) is 0 Å². The molecule has 1 saturated heterocycles. The van der Waals surface area contributed by atoms with Crippen molar-refractivity contribution in [3.8, 4) is 6.07 Å². The fraction of sp³-hybridized carbons (Fsp3) is 0.467. The van der Waals surface area contributed by atoms with Crippen molar-refractivity contribution in [3.63, 3.8) is 0 Å². The number of nitriles is 1. The molecule has 1 aliphatic rings. The molecule has 106 valence electrons. The molecule has 0 spiro atoms. The number of nitrogens with zero attached hydrogens (tertiary/aromatic N) is 2. The summed E-state index contributed by atoms with van der Waals surface area (Å²) in [5, 5.41) is 12.1. The van der Waals surface area contributed by atoms with Crippen LogP contribution < -0.4 is 10.2 Å². The van der Waals surface area contributed by atoms with Gasteiger partial charge in [0.25, 0.3) is 0 Å². The molecule has 1 heterocycles. The molecule has 0 saturated carbocycles. The predicted octanol–water partition coefficient (Wildman–Crippen LogP) is 2.01. The number of carbonyl (C=O) groups is 1. The van der Waals surface area contributed by atoms with Gasteiger partial charge < -0.3 is 15.0 Å². The van der Waals surface area contributed by atoms with Crippen LogP contribution in [0.25, 0.3) is 0 Å². The van der Waals surface area contributed by atoms with Gasteiger partial charge in [0.1, 0.15) is 5.54 Å². The molecule has 1 fully saturated rings. The fourth-order valence-corrected chi connectivity index (χ4v) is 2.15. The molecule has 0 bridgehead atoms. The van der Waals surface area contributed by atoms with Crippen molar-refractivity contribution in [2.45, 2.75) is 19.4 Å². The number of ether oxygens (including phenoxy) is 1. The lowest BCUT2D eigenvalue weighted by Gasteiger charge is -2.39. The molecule has 0 atom stereocenters. The number of nitrogens with one attached hydrogen (secondary N) is 1. The van der Waals surface area contributed by atoms with E-state index in [9.17, 15) is 4.79 Å². The lowest BCUT2D eigenvalue weighted by atomic mass is 9.99. The van der Waals surface area contributed by atoms with Crippen molar-refractivity contribution in [3.05, 3.63) is 24.3 Å². The Labute approximate surface area is 119 Å². The number of methoxy groups -OCH3 is 1. The zero-order chi connectivity index (χ0) is 14.8. The van der Waals surface area contributed by atoms with Crippen molar-refractivity contribution < 1.29 is 9.53 Å². The minimum absolute atomic E-state index is 0.0182. The summed E-state index contributed by atoms with van der Waals surface area (Å²) in [6.07, 6.45) is 0. The normalized spacial score (nSPS) is 15.2. The van der Waals surface area contributed by atoms with Crippen molar-refractivity contribution in [2.24, 2.45) is 5.92 Å². The van der Waals surface area contributed by atoms with E-state index in [2.05, 4.69) is 16.3 Å². The van der Waals surface area contributed by atoms with Crippen molar-refractivity contribution >= 4 is 17.3 Å². The third-order valence-electron chi connectivity index (χ3n) is 3.38. The van der Waals surface area contributed by atoms with Gasteiger partial charge in [0.2, 0.25) is 0 Å². The number of anilines is 2. The Morgan fingerprint density at radius 1 is 1.40 bits per heavy atom. The smallest absolute Gasteiger partial charge is 0.312 e. The van der Waals surface area contributed by atoms with E-state index in [1.54, 1.807) is 0 Å². The van der Waals surface area contributed by atoms with Crippen LogP contribution in [0.2, 0.25) is 0 Å². The monoisotopic (exact) mass is 273 g/mol. The van der Waals surface area contributed by atoms with Crippen LogP contribution in [0.5, 0.6) is 0 Å². The van der Waals surface area contributed by atoms with E-state index in [1.165, 1.54) is 7.11 Å². The Kier molecular flexibility index (Phi) is 3.84. The first-order chi connectivity index (χ1) is 9.45. The number of esters is 1. The molecule has 1 aromatic carbocycles. The van der Waals surface area contributed by atoms with E-state index >= 15 is 0 Å². The molecular weight excluding hydrogens is 254 g/mol. The second kappa shape index (κ2) is 5.41. The molecule has 1 N–H and O–H groups in total. The summed E-state index contributed by atoms with van der Waals surface area (Å²) < 4.78 is 4.72. The molecule has 0 unspecified atom stereocenters. The van der Waals surface area contributed by atoms with Gasteiger partial charge in [0.05, 0.1) is 19.1 Å². The molecule has 0 aromatic heterocycles. The Hall–Kier alpha value is -2.22. The first-order valence-electron chi connectivity index (χ1n) is 6.57. The number of carbonyl (C=O) groups excluding carboxylic acids is 1. The Balaban J connectivity index is 1.94. The Morgan fingerprint density at radius 2 is 2.00 bits per heavy atom. The maximum absolute atomic E-state index is 11.3. The zero-order valence-electron chi connectivity index (χ0n) is 12.0. The lowest BCUT2D eigenvalue weighted by Crippen LogP contribution is -2.50. The number of hydrogen-bond donors (Lipinski definition) is 1. The molecule has 0 radical (unpaired) electrons. The Morgan fingerprint density at radius 3 is 2.50 bits per heavy atom. The second-order valence-electron chi connectivity index (χ2n) is 5.53. The molecule has 1 aromatic rings. The molecule has 5 nitrogen and oxygen atoms in total. The maximum atomic E-state index is 11.3. The standard InChI is InChI=1S/C15H19N3O2/c1-15(2,10-16)17-12-4-6-13(7-5-12)18-8-11(9-18)14(19)20-3/h4-7,11,17H,8-9H2,1-3H3. The van der Waals surface area contributed by atoms with Crippen molar-refractivity contribution in [2.75, 3.05) is 30.4 Å². The molecule has 1 aliphatic heterocycles. The first-order valence-corrected chi connectivity index (χ1v) is 6.57. The van der Waals surface area contributed by atoms with Crippen molar-refractivity contribution in [1.29, 1.82) is 5.26 Å². The van der Waals surface area contributed by atoms with Gasteiger partial charge in [-0.05, 0) is 38.1 Å². The van der Waals surface area contributed by atoms with E-state index in [-0.39, 0.29) is 11.9 Å². The average molecular weight is 273 g/mol. The van der Waals surface area contributed by atoms with Crippen LogP contribution in [0.1, 0.15) is 13.8 Å². The lowest BCUT2D eigenvalue weighted by molar-refractivity contribution is -0.146. The number of hydrogen-bond acceptors (Lipinski definition) is 5. The minimum Gasteiger partial charge on any atom is -0.469 e. The summed E-state index contributed by atoms with van der Waals surface area (Å²) in [6.45, 7) is 5.06. The van der Waals surface area contributed by atoms with Crippen LogP contribution in [0.4, 0.5) is 11.4 Å². The predicted molar refractivity (Wildman–Crippen MR) is 77.5 cm³/mol. The summed E-state index contributed by atoms with van der Waals surface area (Å²) in [5.74, 6) is -0.161. The van der Waals surface area contributed by atoms with Crippen LogP contribution >= 0.6 is 0 Å². The van der Waals surface area contributed by atoms with Crippen LogP contribution in [0.3, 0.4) is 0 Å². The molecule has 0 aliphatic carbocycles. The molecule has 20 heavy (non-hydrogen) atoms. The van der Waals surface area contributed by atoms with E-state index < -0.39 is 5.54 Å². The maximum Gasteiger partial charge on any atom is 0.312 e. The first kappa shape index (κ1) is 14.2. The summed E-state index contributed by atoms with van der Waals surface area (Å²) in [7, 11) is 1.42. The average Bonchev–Trinajstić information content (AvgIpc) is 2.38. The summed E-state index contributed by atoms with van der Waals surface area (Å²) >= 11 is 0. The van der Waals surface area contributed by atoms with Crippen molar-refractivity contribution in [1.82, 2.24) is 0 Å². The zero-order valence-corrected chi connectivity index (χ0v) is 12.0. The van der Waals surface area contributed by atoms with Crippen LogP contribution in [0, 0.1) is 17.2 Å². The largest absolute Gasteiger partial charge is 0.469 e. The third kappa shape index (κ3) is 3.02. The number of rotatable bonds is 4. The summed E-state index contributed by atoms with van der Waals surface area (Å²) in [4.78, 5) is 13.5. The quantitative estimate of drug-likeness (QED) is 0.850. The highest BCUT2D eigenvalue weighted by atomic mass is 16.5. The van der Waals surface area contributed by atoms with Gasteiger partial charge in [0.15, 0.2) is 0 Å². The van der Waals surface area contributed by atoms with E-state index in [1.807, 2.05) is 38.1 Å². The van der Waals surface area contributed by atoms with Crippen LogP contribution in [-0.4, -0.2) is 31.7 Å². The third-order valence-corrected chi connectivity index (χ3v) is 3.38. The van der Waals surface area contributed by atoms with Crippen LogP contribution in [0.15, 0.2) is 24.3 Å². The number of benzene rings is 1. The molecule has 5 heteroatoms. The highest BCUT2D eigenvalue weighted by molar-refractivity contribution is 5.76. The fourth-order valence-electron chi connectivity index (χ4n) is 2.15. The van der Waals surface area contributed by atoms with Gasteiger partial charge >= 0.3 is 5.97 Å². The highest BCUT2D eigenvalue weighted by Gasteiger charge is 2.33. The van der Waals surface area contributed by atoms with Gasteiger partial charge in [-0.3, -0.25) is 4.79 Å². The SMILES string of the molecule is COC(=O)C1CN(c2ccc(NC(C)(C)C#N)cc2)C1. The van der Waals surface area contributed by atoms with E-state index in [4.69, 9.17) is 10.00 Å². The molecule has 2 rings (SSSR count).